The predicted molar refractivity (Wildman–Crippen MR) is 70.2 cm³/mol. The van der Waals surface area contributed by atoms with Crippen molar-refractivity contribution in [3.8, 4) is 11.5 Å². The van der Waals surface area contributed by atoms with E-state index < -0.39 is 0 Å². The number of rotatable bonds is 3. The fourth-order valence-electron chi connectivity index (χ4n) is 2.66. The van der Waals surface area contributed by atoms with Gasteiger partial charge in [-0.15, -0.1) is 0 Å². The number of nitrogens with one attached hydrogen (secondary N) is 1. The highest BCUT2D eigenvalue weighted by atomic mass is 16.7. The molecular formula is C14H20N2O2. The Balaban J connectivity index is 1.64. The Hall–Kier alpha value is -1.26. The second kappa shape index (κ2) is 5.16. The lowest BCUT2D eigenvalue weighted by Crippen LogP contribution is -2.48. The van der Waals surface area contributed by atoms with E-state index in [1.807, 2.05) is 6.07 Å². The van der Waals surface area contributed by atoms with Crippen LogP contribution in [0.4, 0.5) is 0 Å². The van der Waals surface area contributed by atoms with Gasteiger partial charge in [0.25, 0.3) is 0 Å². The van der Waals surface area contributed by atoms with E-state index >= 15 is 0 Å². The monoisotopic (exact) mass is 248 g/mol. The van der Waals surface area contributed by atoms with Gasteiger partial charge in [-0.3, -0.25) is 4.90 Å². The highest BCUT2D eigenvalue weighted by Gasteiger charge is 2.18. The summed E-state index contributed by atoms with van der Waals surface area (Å²) < 4.78 is 10.8. The molecule has 1 fully saturated rings. The van der Waals surface area contributed by atoms with Crippen LogP contribution in [0.3, 0.4) is 0 Å². The van der Waals surface area contributed by atoms with Gasteiger partial charge >= 0.3 is 0 Å². The van der Waals surface area contributed by atoms with Crippen LogP contribution in [0.1, 0.15) is 12.5 Å². The van der Waals surface area contributed by atoms with Crippen LogP contribution in [-0.4, -0.2) is 43.9 Å². The predicted octanol–water partition coefficient (Wildman–Crippen LogP) is 1.25. The van der Waals surface area contributed by atoms with Gasteiger partial charge in [-0.1, -0.05) is 6.07 Å². The Kier molecular flexibility index (Phi) is 3.39. The van der Waals surface area contributed by atoms with Gasteiger partial charge in [-0.25, -0.2) is 0 Å². The van der Waals surface area contributed by atoms with Gasteiger partial charge in [0.15, 0.2) is 11.5 Å². The van der Waals surface area contributed by atoms with Crippen molar-refractivity contribution in [1.82, 2.24) is 10.2 Å². The SMILES string of the molecule is CC(Cc1ccc2c(c1)OCO2)N1CCNCC1. The third-order valence-electron chi connectivity index (χ3n) is 3.74. The number of nitrogens with zero attached hydrogens (tertiary/aromatic N) is 1. The Bertz CT molecular complexity index is 416. The highest BCUT2D eigenvalue weighted by molar-refractivity contribution is 5.44. The molecule has 1 aromatic carbocycles. The molecule has 1 aromatic rings. The molecule has 0 saturated carbocycles. The van der Waals surface area contributed by atoms with Crippen molar-refractivity contribution in [2.24, 2.45) is 0 Å². The topological polar surface area (TPSA) is 33.7 Å². The maximum atomic E-state index is 5.42. The molecule has 0 amide bonds. The van der Waals surface area contributed by atoms with E-state index in [-0.39, 0.29) is 0 Å². The lowest BCUT2D eigenvalue weighted by atomic mass is 10.0. The molecule has 0 aromatic heterocycles. The second-order valence-electron chi connectivity index (χ2n) is 5.03. The Labute approximate surface area is 108 Å². The average Bonchev–Trinajstić information content (AvgIpc) is 2.87. The van der Waals surface area contributed by atoms with Gasteiger partial charge < -0.3 is 14.8 Å². The first-order chi connectivity index (χ1) is 8.83. The van der Waals surface area contributed by atoms with E-state index in [2.05, 4.69) is 29.3 Å². The normalized spacial score (nSPS) is 20.9. The van der Waals surface area contributed by atoms with Crippen LogP contribution in [0.5, 0.6) is 11.5 Å². The molecule has 1 saturated heterocycles. The molecule has 2 aliphatic rings. The van der Waals surface area contributed by atoms with Crippen LogP contribution < -0.4 is 14.8 Å². The number of hydrogen-bond acceptors (Lipinski definition) is 4. The molecule has 0 aliphatic carbocycles. The van der Waals surface area contributed by atoms with Gasteiger partial charge in [0.2, 0.25) is 6.79 Å². The minimum Gasteiger partial charge on any atom is -0.454 e. The largest absolute Gasteiger partial charge is 0.454 e. The van der Waals surface area contributed by atoms with Gasteiger partial charge in [0, 0.05) is 32.2 Å². The van der Waals surface area contributed by atoms with E-state index in [1.54, 1.807) is 0 Å². The molecule has 3 rings (SSSR count). The van der Waals surface area contributed by atoms with E-state index in [4.69, 9.17) is 9.47 Å². The summed E-state index contributed by atoms with van der Waals surface area (Å²) in [6, 6.07) is 6.85. The number of fused-ring (bicyclic) bond motifs is 1. The number of hydrogen-bond donors (Lipinski definition) is 1. The van der Waals surface area contributed by atoms with Crippen molar-refractivity contribution in [2.45, 2.75) is 19.4 Å². The smallest absolute Gasteiger partial charge is 0.231 e. The van der Waals surface area contributed by atoms with Gasteiger partial charge in [0.1, 0.15) is 0 Å². The first-order valence-corrected chi connectivity index (χ1v) is 6.66. The van der Waals surface area contributed by atoms with Crippen LogP contribution in [0, 0.1) is 0 Å². The molecule has 0 radical (unpaired) electrons. The summed E-state index contributed by atoms with van der Waals surface area (Å²) in [4.78, 5) is 2.54. The summed E-state index contributed by atoms with van der Waals surface area (Å²) in [6.07, 6.45) is 1.07. The molecule has 1 unspecified atom stereocenters. The molecule has 4 heteroatoms. The Morgan fingerprint density at radius 3 is 2.83 bits per heavy atom. The number of piperazine rings is 1. The van der Waals surface area contributed by atoms with Gasteiger partial charge in [0.05, 0.1) is 0 Å². The summed E-state index contributed by atoms with van der Waals surface area (Å²) >= 11 is 0. The second-order valence-corrected chi connectivity index (χ2v) is 5.03. The standard InChI is InChI=1S/C14H20N2O2/c1-11(16-6-4-15-5-7-16)8-12-2-3-13-14(9-12)18-10-17-13/h2-3,9,11,15H,4-8,10H2,1H3. The lowest BCUT2D eigenvalue weighted by molar-refractivity contribution is 0.173. The summed E-state index contributed by atoms with van der Waals surface area (Å²) in [5.74, 6) is 1.76. The van der Waals surface area contributed by atoms with Crippen molar-refractivity contribution in [2.75, 3.05) is 33.0 Å². The van der Waals surface area contributed by atoms with Crippen molar-refractivity contribution in [3.05, 3.63) is 23.8 Å². The Morgan fingerprint density at radius 2 is 2.00 bits per heavy atom. The van der Waals surface area contributed by atoms with Crippen LogP contribution in [0.15, 0.2) is 18.2 Å². The van der Waals surface area contributed by atoms with E-state index in [0.717, 1.165) is 44.1 Å². The summed E-state index contributed by atoms with van der Waals surface area (Å²) in [6.45, 7) is 7.15. The molecule has 1 N–H and O–H groups in total. The maximum absolute atomic E-state index is 5.42. The zero-order valence-corrected chi connectivity index (χ0v) is 10.8. The van der Waals surface area contributed by atoms with Crippen molar-refractivity contribution >= 4 is 0 Å². The van der Waals surface area contributed by atoms with Gasteiger partial charge in [-0.05, 0) is 31.0 Å². The van der Waals surface area contributed by atoms with Crippen molar-refractivity contribution in [1.29, 1.82) is 0 Å². The molecule has 2 aliphatic heterocycles. The summed E-state index contributed by atoms with van der Waals surface area (Å²) in [7, 11) is 0. The third-order valence-corrected chi connectivity index (χ3v) is 3.74. The van der Waals surface area contributed by atoms with Crippen LogP contribution in [0.25, 0.3) is 0 Å². The quantitative estimate of drug-likeness (QED) is 0.873. The molecule has 18 heavy (non-hydrogen) atoms. The summed E-state index contributed by atoms with van der Waals surface area (Å²) in [5, 5.41) is 3.39. The van der Waals surface area contributed by atoms with Gasteiger partial charge in [-0.2, -0.15) is 0 Å². The Morgan fingerprint density at radius 1 is 1.22 bits per heavy atom. The fraction of sp³-hybridized carbons (Fsp3) is 0.571. The van der Waals surface area contributed by atoms with Crippen molar-refractivity contribution in [3.63, 3.8) is 0 Å². The minimum atomic E-state index is 0.353. The van der Waals surface area contributed by atoms with Crippen LogP contribution in [-0.2, 0) is 6.42 Å². The third kappa shape index (κ3) is 2.44. The zero-order valence-electron chi connectivity index (χ0n) is 10.8. The molecule has 98 valence electrons. The maximum Gasteiger partial charge on any atom is 0.231 e. The average molecular weight is 248 g/mol. The number of ether oxygens (including phenoxy) is 2. The molecule has 2 heterocycles. The van der Waals surface area contributed by atoms with E-state index in [9.17, 15) is 0 Å². The fourth-order valence-corrected chi connectivity index (χ4v) is 2.66. The molecule has 0 bridgehead atoms. The first kappa shape index (κ1) is 11.8. The van der Waals surface area contributed by atoms with E-state index in [1.165, 1.54) is 5.56 Å². The van der Waals surface area contributed by atoms with Crippen molar-refractivity contribution < 1.29 is 9.47 Å². The molecule has 4 nitrogen and oxygen atoms in total. The summed E-state index contributed by atoms with van der Waals surface area (Å²) in [5.41, 5.74) is 1.32. The highest BCUT2D eigenvalue weighted by Crippen LogP contribution is 2.32. The molecule has 0 spiro atoms. The molecular weight excluding hydrogens is 228 g/mol. The first-order valence-electron chi connectivity index (χ1n) is 6.66. The minimum absolute atomic E-state index is 0.353. The zero-order chi connectivity index (χ0) is 12.4. The van der Waals surface area contributed by atoms with E-state index in [0.29, 0.717) is 12.8 Å². The molecule has 1 atom stereocenters. The van der Waals surface area contributed by atoms with Crippen LogP contribution >= 0.6 is 0 Å². The van der Waals surface area contributed by atoms with Crippen LogP contribution in [0.2, 0.25) is 0 Å². The number of benzene rings is 1. The lowest BCUT2D eigenvalue weighted by Gasteiger charge is -2.32.